The highest BCUT2D eigenvalue weighted by atomic mass is 15.1. The molecule has 1 heterocycles. The third-order valence-electron chi connectivity index (χ3n) is 2.87. The van der Waals surface area contributed by atoms with Crippen LogP contribution in [-0.2, 0) is 0 Å². The second-order valence-electron chi connectivity index (χ2n) is 4.15. The van der Waals surface area contributed by atoms with Crippen molar-refractivity contribution in [1.29, 1.82) is 5.26 Å². The molecule has 1 N–H and O–H groups in total. The van der Waals surface area contributed by atoms with Gasteiger partial charge in [0.2, 0.25) is 0 Å². The fourth-order valence-electron chi connectivity index (χ4n) is 1.85. The van der Waals surface area contributed by atoms with E-state index in [1.165, 1.54) is 25.9 Å². The summed E-state index contributed by atoms with van der Waals surface area (Å²) in [6.45, 7) is 3.52. The van der Waals surface area contributed by atoms with Gasteiger partial charge in [0.15, 0.2) is 0 Å². The quantitative estimate of drug-likeness (QED) is 0.673. The van der Waals surface area contributed by atoms with Crippen LogP contribution in [0, 0.1) is 11.3 Å². The largest absolute Gasteiger partial charge is 0.314 e. The molecule has 3 nitrogen and oxygen atoms in total. The molecule has 0 aromatic heterocycles. The molecule has 0 aromatic rings. The van der Waals surface area contributed by atoms with Crippen LogP contribution in [0.4, 0.5) is 0 Å². The average molecular weight is 195 g/mol. The number of rotatable bonds is 5. The first kappa shape index (κ1) is 11.5. The van der Waals surface area contributed by atoms with Crippen LogP contribution >= 0.6 is 0 Å². The second kappa shape index (κ2) is 6.80. The van der Waals surface area contributed by atoms with Gasteiger partial charge in [-0.2, -0.15) is 5.26 Å². The predicted molar refractivity (Wildman–Crippen MR) is 58.0 cm³/mol. The minimum absolute atomic E-state index is 0.703. The van der Waals surface area contributed by atoms with E-state index in [0.717, 1.165) is 19.4 Å². The maximum atomic E-state index is 8.37. The molecular formula is C11H21N3. The molecule has 0 aliphatic carbocycles. The van der Waals surface area contributed by atoms with Crippen molar-refractivity contribution in [3.05, 3.63) is 0 Å². The maximum Gasteiger partial charge on any atom is 0.0621 e. The summed E-state index contributed by atoms with van der Waals surface area (Å²) in [4.78, 5) is 2.38. The number of hydrogen-bond donors (Lipinski definition) is 1. The highest BCUT2D eigenvalue weighted by Gasteiger charge is 2.14. The van der Waals surface area contributed by atoms with Gasteiger partial charge in [-0.25, -0.2) is 0 Å². The van der Waals surface area contributed by atoms with Gasteiger partial charge in [-0.15, -0.1) is 0 Å². The molecule has 1 aliphatic heterocycles. The smallest absolute Gasteiger partial charge is 0.0621 e. The Morgan fingerprint density at radius 2 is 2.07 bits per heavy atom. The van der Waals surface area contributed by atoms with E-state index in [-0.39, 0.29) is 0 Å². The molecule has 0 radical (unpaired) electrons. The van der Waals surface area contributed by atoms with Gasteiger partial charge in [0.05, 0.1) is 6.07 Å². The zero-order valence-corrected chi connectivity index (χ0v) is 9.13. The van der Waals surface area contributed by atoms with Crippen LogP contribution < -0.4 is 5.32 Å². The summed E-state index contributed by atoms with van der Waals surface area (Å²) in [5.74, 6) is 0. The van der Waals surface area contributed by atoms with Crippen LogP contribution in [0.15, 0.2) is 0 Å². The Kier molecular flexibility index (Phi) is 5.58. The maximum absolute atomic E-state index is 8.37. The van der Waals surface area contributed by atoms with Crippen LogP contribution in [0.2, 0.25) is 0 Å². The van der Waals surface area contributed by atoms with Crippen LogP contribution in [0.5, 0.6) is 0 Å². The normalized spacial score (nSPS) is 19.4. The molecule has 0 bridgehead atoms. The van der Waals surface area contributed by atoms with Gasteiger partial charge in [-0.1, -0.05) is 0 Å². The Morgan fingerprint density at radius 3 is 2.71 bits per heavy atom. The van der Waals surface area contributed by atoms with E-state index < -0.39 is 0 Å². The zero-order chi connectivity index (χ0) is 10.2. The minimum atomic E-state index is 0.703. The Bertz CT molecular complexity index is 177. The molecule has 1 aliphatic rings. The van der Waals surface area contributed by atoms with Crippen molar-refractivity contribution in [1.82, 2.24) is 10.2 Å². The summed E-state index contributed by atoms with van der Waals surface area (Å²) >= 11 is 0. The van der Waals surface area contributed by atoms with E-state index in [1.807, 2.05) is 0 Å². The van der Waals surface area contributed by atoms with Crippen molar-refractivity contribution in [3.8, 4) is 6.07 Å². The SMILES string of the molecule is CN1CCC(NCCCCC#N)CC1. The van der Waals surface area contributed by atoms with Crippen molar-refractivity contribution in [2.45, 2.75) is 38.1 Å². The van der Waals surface area contributed by atoms with E-state index in [2.05, 4.69) is 23.3 Å². The predicted octanol–water partition coefficient (Wildman–Crippen LogP) is 1.36. The lowest BCUT2D eigenvalue weighted by Crippen LogP contribution is -2.41. The molecule has 1 fully saturated rings. The number of piperidine rings is 1. The highest BCUT2D eigenvalue weighted by Crippen LogP contribution is 2.08. The lowest BCUT2D eigenvalue weighted by Gasteiger charge is -2.29. The lowest BCUT2D eigenvalue weighted by molar-refractivity contribution is 0.234. The molecule has 80 valence electrons. The monoisotopic (exact) mass is 195 g/mol. The minimum Gasteiger partial charge on any atom is -0.314 e. The van der Waals surface area contributed by atoms with Crippen LogP contribution in [-0.4, -0.2) is 37.6 Å². The van der Waals surface area contributed by atoms with Crippen molar-refractivity contribution in [2.75, 3.05) is 26.7 Å². The standard InChI is InChI=1S/C11H21N3/c1-14-9-5-11(6-10-14)13-8-4-2-3-7-12/h11,13H,2-6,8-10H2,1H3. The topological polar surface area (TPSA) is 39.1 Å². The molecule has 0 unspecified atom stereocenters. The first-order chi connectivity index (χ1) is 6.83. The molecule has 3 heteroatoms. The van der Waals surface area contributed by atoms with Gasteiger partial charge in [0.1, 0.15) is 0 Å². The number of nitrogens with zero attached hydrogens (tertiary/aromatic N) is 2. The molecule has 1 rings (SSSR count). The van der Waals surface area contributed by atoms with Crippen LogP contribution in [0.25, 0.3) is 0 Å². The van der Waals surface area contributed by atoms with Gasteiger partial charge < -0.3 is 10.2 Å². The number of nitriles is 1. The summed E-state index contributed by atoms with van der Waals surface area (Å²) in [6, 6.07) is 2.89. The van der Waals surface area contributed by atoms with Crippen molar-refractivity contribution >= 4 is 0 Å². The van der Waals surface area contributed by atoms with E-state index in [4.69, 9.17) is 5.26 Å². The summed E-state index contributed by atoms with van der Waals surface area (Å²) in [6.07, 6.45) is 5.43. The van der Waals surface area contributed by atoms with Gasteiger partial charge in [-0.3, -0.25) is 0 Å². The van der Waals surface area contributed by atoms with E-state index in [9.17, 15) is 0 Å². The lowest BCUT2D eigenvalue weighted by atomic mass is 10.1. The number of hydrogen-bond acceptors (Lipinski definition) is 3. The molecule has 14 heavy (non-hydrogen) atoms. The summed E-state index contributed by atoms with van der Waals surface area (Å²) in [5.41, 5.74) is 0. The van der Waals surface area contributed by atoms with Gasteiger partial charge in [-0.05, 0) is 52.4 Å². The third-order valence-corrected chi connectivity index (χ3v) is 2.87. The van der Waals surface area contributed by atoms with Crippen molar-refractivity contribution in [3.63, 3.8) is 0 Å². The molecule has 1 saturated heterocycles. The van der Waals surface area contributed by atoms with E-state index in [1.54, 1.807) is 0 Å². The number of nitrogens with one attached hydrogen (secondary N) is 1. The molecule has 0 saturated carbocycles. The van der Waals surface area contributed by atoms with E-state index >= 15 is 0 Å². The summed E-state index contributed by atoms with van der Waals surface area (Å²) < 4.78 is 0. The molecule has 0 atom stereocenters. The average Bonchev–Trinajstić information content (AvgIpc) is 2.21. The van der Waals surface area contributed by atoms with Gasteiger partial charge >= 0.3 is 0 Å². The Hall–Kier alpha value is -0.590. The molecule has 0 aromatic carbocycles. The number of likely N-dealkylation sites (tertiary alicyclic amines) is 1. The number of unbranched alkanes of at least 4 members (excludes halogenated alkanes) is 2. The van der Waals surface area contributed by atoms with E-state index in [0.29, 0.717) is 12.5 Å². The zero-order valence-electron chi connectivity index (χ0n) is 9.13. The second-order valence-corrected chi connectivity index (χ2v) is 4.15. The Morgan fingerprint density at radius 1 is 1.36 bits per heavy atom. The summed E-state index contributed by atoms with van der Waals surface area (Å²) in [7, 11) is 2.18. The summed E-state index contributed by atoms with van der Waals surface area (Å²) in [5, 5.41) is 11.9. The molecular weight excluding hydrogens is 174 g/mol. The Balaban J connectivity index is 1.94. The van der Waals surface area contributed by atoms with Gasteiger partial charge in [0, 0.05) is 12.5 Å². The van der Waals surface area contributed by atoms with Crippen molar-refractivity contribution in [2.24, 2.45) is 0 Å². The van der Waals surface area contributed by atoms with Crippen LogP contribution in [0.3, 0.4) is 0 Å². The first-order valence-electron chi connectivity index (χ1n) is 5.62. The third kappa shape index (κ3) is 4.59. The van der Waals surface area contributed by atoms with Gasteiger partial charge in [0.25, 0.3) is 0 Å². The van der Waals surface area contributed by atoms with Crippen molar-refractivity contribution < 1.29 is 0 Å². The highest BCUT2D eigenvalue weighted by molar-refractivity contribution is 4.75. The Labute approximate surface area is 87.1 Å². The molecule has 0 amide bonds. The first-order valence-corrected chi connectivity index (χ1v) is 5.62. The fourth-order valence-corrected chi connectivity index (χ4v) is 1.85. The van der Waals surface area contributed by atoms with Crippen LogP contribution in [0.1, 0.15) is 32.1 Å². The molecule has 0 spiro atoms. The fraction of sp³-hybridized carbons (Fsp3) is 0.909.